The zero-order valence-electron chi connectivity index (χ0n) is 15.4. The van der Waals surface area contributed by atoms with E-state index in [1.807, 2.05) is 0 Å². The van der Waals surface area contributed by atoms with Crippen molar-refractivity contribution in [3.8, 4) is 0 Å². The molecule has 1 fully saturated rings. The lowest BCUT2D eigenvalue weighted by molar-refractivity contribution is -0.137. The highest BCUT2D eigenvalue weighted by Gasteiger charge is 2.32. The van der Waals surface area contributed by atoms with E-state index < -0.39 is 17.7 Å². The van der Waals surface area contributed by atoms with E-state index in [4.69, 9.17) is 0 Å². The molecule has 1 amide bonds. The number of benzene rings is 2. The molecule has 1 aromatic heterocycles. The molecule has 2 aromatic carbocycles. The molecule has 1 N–H and O–H groups in total. The standard InChI is InChI=1S/C21H18F3N3O2/c22-21(23,24)16-6-3-13(4-7-16)19(28)15-2-1-9-27(11-15)20(29)14-5-8-17-18(10-14)26-12-25-17/h3-8,10,12,15H,1-2,9,11H2,(H,25,26)/t15-/m1/s1. The Morgan fingerprint density at radius 2 is 1.79 bits per heavy atom. The normalized spacial score (nSPS) is 17.5. The molecule has 0 radical (unpaired) electrons. The van der Waals surface area contributed by atoms with Gasteiger partial charge in [-0.15, -0.1) is 0 Å². The third-order valence-electron chi connectivity index (χ3n) is 5.24. The molecule has 5 nitrogen and oxygen atoms in total. The second-order valence-corrected chi connectivity index (χ2v) is 7.16. The molecule has 0 unspecified atom stereocenters. The van der Waals surface area contributed by atoms with Gasteiger partial charge >= 0.3 is 6.18 Å². The predicted molar refractivity (Wildman–Crippen MR) is 100 cm³/mol. The summed E-state index contributed by atoms with van der Waals surface area (Å²) in [6.07, 6.45) is -1.62. The van der Waals surface area contributed by atoms with E-state index in [0.717, 1.165) is 23.2 Å². The third kappa shape index (κ3) is 3.87. The van der Waals surface area contributed by atoms with Crippen LogP contribution >= 0.6 is 0 Å². The minimum atomic E-state index is -4.44. The van der Waals surface area contributed by atoms with Crippen molar-refractivity contribution in [1.29, 1.82) is 0 Å². The van der Waals surface area contributed by atoms with Gasteiger partial charge in [0.2, 0.25) is 0 Å². The Morgan fingerprint density at radius 1 is 1.07 bits per heavy atom. The Morgan fingerprint density at radius 3 is 2.52 bits per heavy atom. The third-order valence-corrected chi connectivity index (χ3v) is 5.24. The second-order valence-electron chi connectivity index (χ2n) is 7.16. The van der Waals surface area contributed by atoms with Crippen LogP contribution in [0, 0.1) is 5.92 Å². The van der Waals surface area contributed by atoms with Gasteiger partial charge in [-0.05, 0) is 43.2 Å². The number of rotatable bonds is 3. The maximum Gasteiger partial charge on any atom is 0.416 e. The number of ketones is 1. The fraction of sp³-hybridized carbons (Fsp3) is 0.286. The van der Waals surface area contributed by atoms with E-state index >= 15 is 0 Å². The van der Waals surface area contributed by atoms with Crippen LogP contribution in [0.3, 0.4) is 0 Å². The number of carbonyl (C=O) groups is 2. The van der Waals surface area contributed by atoms with Crippen LogP contribution in [0.15, 0.2) is 48.8 Å². The summed E-state index contributed by atoms with van der Waals surface area (Å²) in [6, 6.07) is 9.43. The monoisotopic (exact) mass is 401 g/mol. The van der Waals surface area contributed by atoms with Crippen LogP contribution in [0.2, 0.25) is 0 Å². The van der Waals surface area contributed by atoms with E-state index in [0.29, 0.717) is 24.9 Å². The Bertz CT molecular complexity index is 1060. The number of hydrogen-bond donors (Lipinski definition) is 1. The number of imidazole rings is 1. The highest BCUT2D eigenvalue weighted by atomic mass is 19.4. The molecule has 0 saturated carbocycles. The quantitative estimate of drug-likeness (QED) is 0.665. The minimum absolute atomic E-state index is 0.175. The molecular formula is C21H18F3N3O2. The first-order valence-corrected chi connectivity index (χ1v) is 9.27. The average Bonchev–Trinajstić information content (AvgIpc) is 3.20. The van der Waals surface area contributed by atoms with Crippen LogP contribution in [0.25, 0.3) is 11.0 Å². The molecule has 1 aliphatic heterocycles. The summed E-state index contributed by atoms with van der Waals surface area (Å²) in [6.45, 7) is 0.788. The molecule has 3 aromatic rings. The lowest BCUT2D eigenvalue weighted by Crippen LogP contribution is -2.42. The summed E-state index contributed by atoms with van der Waals surface area (Å²) in [4.78, 5) is 34.4. The van der Waals surface area contributed by atoms with Gasteiger partial charge in [-0.3, -0.25) is 9.59 Å². The number of halogens is 3. The van der Waals surface area contributed by atoms with Crippen molar-refractivity contribution in [3.05, 3.63) is 65.5 Å². The molecule has 1 aliphatic rings. The Balaban J connectivity index is 1.48. The van der Waals surface area contributed by atoms with Crippen molar-refractivity contribution >= 4 is 22.7 Å². The number of nitrogens with one attached hydrogen (secondary N) is 1. The number of likely N-dealkylation sites (tertiary alicyclic amines) is 1. The number of aromatic amines is 1. The molecule has 1 saturated heterocycles. The molecule has 4 rings (SSSR count). The van der Waals surface area contributed by atoms with Crippen LogP contribution in [0.5, 0.6) is 0 Å². The zero-order chi connectivity index (χ0) is 20.6. The SMILES string of the molecule is O=C(c1ccc(C(F)(F)F)cc1)[C@@H]1CCCN(C(=O)c2ccc3nc[nH]c3c2)C1. The van der Waals surface area contributed by atoms with Crippen molar-refractivity contribution in [2.45, 2.75) is 19.0 Å². The fourth-order valence-electron chi connectivity index (χ4n) is 3.69. The first kappa shape index (κ1) is 19.2. The Kier molecular flexibility index (Phi) is 4.86. The molecule has 0 bridgehead atoms. The van der Waals surface area contributed by atoms with E-state index in [9.17, 15) is 22.8 Å². The summed E-state index contributed by atoms with van der Waals surface area (Å²) in [5.74, 6) is -0.841. The van der Waals surface area contributed by atoms with Crippen molar-refractivity contribution in [3.63, 3.8) is 0 Å². The largest absolute Gasteiger partial charge is 0.416 e. The van der Waals surface area contributed by atoms with Crippen molar-refractivity contribution in [2.75, 3.05) is 13.1 Å². The van der Waals surface area contributed by atoms with Gasteiger partial charge in [-0.2, -0.15) is 13.2 Å². The number of nitrogens with zero attached hydrogens (tertiary/aromatic N) is 2. The van der Waals surface area contributed by atoms with Gasteiger partial charge in [-0.25, -0.2) is 4.98 Å². The van der Waals surface area contributed by atoms with Crippen LogP contribution in [-0.2, 0) is 6.18 Å². The molecule has 8 heteroatoms. The number of aromatic nitrogens is 2. The first-order chi connectivity index (χ1) is 13.8. The van der Waals surface area contributed by atoms with E-state index in [1.54, 1.807) is 29.4 Å². The number of H-pyrrole nitrogens is 1. The van der Waals surface area contributed by atoms with Crippen LogP contribution in [0.4, 0.5) is 13.2 Å². The highest BCUT2D eigenvalue weighted by molar-refractivity contribution is 6.00. The van der Waals surface area contributed by atoms with Crippen LogP contribution in [-0.4, -0.2) is 39.6 Å². The van der Waals surface area contributed by atoms with E-state index in [-0.39, 0.29) is 23.8 Å². The number of carbonyl (C=O) groups excluding carboxylic acids is 2. The van der Waals surface area contributed by atoms with Crippen molar-refractivity contribution in [2.24, 2.45) is 5.92 Å². The summed E-state index contributed by atoms with van der Waals surface area (Å²) < 4.78 is 38.2. The first-order valence-electron chi connectivity index (χ1n) is 9.27. The molecule has 2 heterocycles. The number of amides is 1. The van der Waals surface area contributed by atoms with Crippen LogP contribution < -0.4 is 0 Å². The molecule has 29 heavy (non-hydrogen) atoms. The van der Waals surface area contributed by atoms with Gasteiger partial charge in [-0.1, -0.05) is 12.1 Å². The highest BCUT2D eigenvalue weighted by Crippen LogP contribution is 2.30. The number of Topliss-reactive ketones (excluding diaryl/α,β-unsaturated/α-hetero) is 1. The maximum absolute atomic E-state index is 12.9. The second kappa shape index (κ2) is 7.35. The molecule has 0 spiro atoms. The lowest BCUT2D eigenvalue weighted by Gasteiger charge is -2.32. The summed E-state index contributed by atoms with van der Waals surface area (Å²) in [7, 11) is 0. The van der Waals surface area contributed by atoms with Crippen molar-refractivity contribution < 1.29 is 22.8 Å². The number of alkyl halides is 3. The van der Waals surface area contributed by atoms with E-state index in [1.165, 1.54) is 12.1 Å². The molecule has 1 atom stereocenters. The predicted octanol–water partition coefficient (Wildman–Crippen LogP) is 4.32. The lowest BCUT2D eigenvalue weighted by atomic mass is 9.89. The smallest absolute Gasteiger partial charge is 0.345 e. The van der Waals surface area contributed by atoms with Crippen LogP contribution in [0.1, 0.15) is 39.1 Å². The minimum Gasteiger partial charge on any atom is -0.345 e. The maximum atomic E-state index is 12.9. The van der Waals surface area contributed by atoms with Gasteiger partial charge in [0.25, 0.3) is 5.91 Å². The molecule has 0 aliphatic carbocycles. The van der Waals surface area contributed by atoms with Gasteiger partial charge in [0.1, 0.15) is 0 Å². The fourth-order valence-corrected chi connectivity index (χ4v) is 3.69. The number of fused-ring (bicyclic) bond motifs is 1. The summed E-state index contributed by atoms with van der Waals surface area (Å²) >= 11 is 0. The van der Waals surface area contributed by atoms with Gasteiger partial charge in [0, 0.05) is 30.1 Å². The number of piperidine rings is 1. The molecule has 150 valence electrons. The average molecular weight is 401 g/mol. The van der Waals surface area contributed by atoms with Crippen molar-refractivity contribution in [1.82, 2.24) is 14.9 Å². The van der Waals surface area contributed by atoms with Gasteiger partial charge in [0.05, 0.1) is 22.9 Å². The Labute approximate surface area is 164 Å². The van der Waals surface area contributed by atoms with Gasteiger partial charge < -0.3 is 9.88 Å². The topological polar surface area (TPSA) is 66.1 Å². The zero-order valence-corrected chi connectivity index (χ0v) is 15.4. The summed E-state index contributed by atoms with van der Waals surface area (Å²) in [5, 5.41) is 0. The number of hydrogen-bond acceptors (Lipinski definition) is 3. The van der Waals surface area contributed by atoms with Gasteiger partial charge in [0.15, 0.2) is 5.78 Å². The van der Waals surface area contributed by atoms with E-state index in [2.05, 4.69) is 9.97 Å². The summed E-state index contributed by atoms with van der Waals surface area (Å²) in [5.41, 5.74) is 1.46. The Hall–Kier alpha value is -3.16. The molecular weight excluding hydrogens is 383 g/mol.